The number of aliphatic hydroxyl groups is 1. The summed E-state index contributed by atoms with van der Waals surface area (Å²) < 4.78 is 16.0. The van der Waals surface area contributed by atoms with Gasteiger partial charge in [-0.05, 0) is 38.3 Å². The lowest BCUT2D eigenvalue weighted by molar-refractivity contribution is -0.157. The highest BCUT2D eigenvalue weighted by molar-refractivity contribution is 6.33. The Labute approximate surface area is 225 Å². The number of hydrogen-bond donors (Lipinski definition) is 4. The van der Waals surface area contributed by atoms with Crippen molar-refractivity contribution in [2.45, 2.75) is 58.3 Å². The molecule has 1 amide bonds. The number of rotatable bonds is 3. The van der Waals surface area contributed by atoms with Crippen LogP contribution in [0.5, 0.6) is 5.75 Å². The maximum atomic E-state index is 16.0. The van der Waals surface area contributed by atoms with E-state index in [2.05, 4.69) is 0 Å². The van der Waals surface area contributed by atoms with Crippen molar-refractivity contribution in [3.05, 3.63) is 28.1 Å². The molecule has 0 spiro atoms. The number of ketones is 3. The molecule has 2 saturated carbocycles. The van der Waals surface area contributed by atoms with Crippen LogP contribution in [0.1, 0.15) is 54.2 Å². The van der Waals surface area contributed by atoms with E-state index in [1.807, 2.05) is 25.7 Å². The number of nitrogens with two attached hydrogens (primary N) is 1. The number of nitrogens with one attached hydrogen (secondary N) is 1. The largest absolute Gasteiger partial charge is 0.507 e. The number of benzene rings is 1. The first kappa shape index (κ1) is 27.5. The third kappa shape index (κ3) is 3.81. The SMILES string of the molecule is CN(C)C1C(=O)C(C(N)=O)C(=N)C2(O)C(=O)C3C(=O)c4c(O)c5c(c(F)c4CC3CC12)CN(CC(C)(C)C)C5. The summed E-state index contributed by atoms with van der Waals surface area (Å²) >= 11 is 0. The minimum atomic E-state index is -2.58. The number of primary amides is 1. The molecule has 6 unspecified atom stereocenters. The van der Waals surface area contributed by atoms with E-state index in [4.69, 9.17) is 11.1 Å². The fourth-order valence-electron chi connectivity index (χ4n) is 7.48. The lowest BCUT2D eigenvalue weighted by Gasteiger charge is -2.53. The summed E-state index contributed by atoms with van der Waals surface area (Å²) in [7, 11) is 3.11. The van der Waals surface area contributed by atoms with Crippen molar-refractivity contribution in [1.82, 2.24) is 9.80 Å². The number of amides is 1. The molecule has 0 saturated heterocycles. The number of carbonyl (C=O) groups excluding carboxylic acids is 4. The number of likely N-dealkylation sites (N-methyl/N-ethyl adjacent to an activating group) is 1. The third-order valence-electron chi connectivity index (χ3n) is 8.90. The van der Waals surface area contributed by atoms with Crippen LogP contribution in [0.4, 0.5) is 4.39 Å². The van der Waals surface area contributed by atoms with Crippen LogP contribution in [-0.2, 0) is 33.9 Å². The van der Waals surface area contributed by atoms with Crippen molar-refractivity contribution in [1.29, 1.82) is 5.41 Å². The highest BCUT2D eigenvalue weighted by Gasteiger charge is 2.67. The number of nitrogens with zero attached hydrogens (tertiary/aromatic N) is 2. The first-order valence-electron chi connectivity index (χ1n) is 13.2. The standard InChI is InChI=1S/C28H35FN4O6/c1-27(2,3)10-33-8-13-14(9-33)21(34)17-12(19(13)29)6-11-7-15-20(32(4)5)23(36)18(26(31)38)24(30)28(15,39)25(37)16(11)22(17)35/h11,15-16,18,20,30,34,39H,6-10H2,1-5H3,(H2,31,38). The van der Waals surface area contributed by atoms with Crippen LogP contribution in [0.2, 0.25) is 0 Å². The van der Waals surface area contributed by atoms with Crippen LogP contribution in [-0.4, -0.2) is 81.3 Å². The van der Waals surface area contributed by atoms with Crippen LogP contribution >= 0.6 is 0 Å². The molecule has 6 atom stereocenters. The number of phenolic OH excluding ortho intramolecular Hbond substituents is 1. The van der Waals surface area contributed by atoms with Gasteiger partial charge in [0.05, 0.1) is 23.2 Å². The maximum absolute atomic E-state index is 16.0. The number of fused-ring (bicyclic) bond motifs is 4. The second-order valence-corrected chi connectivity index (χ2v) is 13.0. The van der Waals surface area contributed by atoms with Gasteiger partial charge in [0.2, 0.25) is 5.91 Å². The summed E-state index contributed by atoms with van der Waals surface area (Å²) in [4.78, 5) is 56.7. The minimum absolute atomic E-state index is 0.0338. The van der Waals surface area contributed by atoms with E-state index in [1.54, 1.807) is 14.1 Å². The Morgan fingerprint density at radius 2 is 1.79 bits per heavy atom. The zero-order valence-electron chi connectivity index (χ0n) is 22.8. The molecular weight excluding hydrogens is 507 g/mol. The summed E-state index contributed by atoms with van der Waals surface area (Å²) in [5.41, 5.74) is 2.37. The summed E-state index contributed by atoms with van der Waals surface area (Å²) in [5.74, 6) is -9.74. The molecule has 11 heteroatoms. The van der Waals surface area contributed by atoms with Gasteiger partial charge in [0.25, 0.3) is 0 Å². The van der Waals surface area contributed by atoms with E-state index in [0.29, 0.717) is 17.7 Å². The van der Waals surface area contributed by atoms with Gasteiger partial charge in [-0.1, -0.05) is 20.8 Å². The van der Waals surface area contributed by atoms with Gasteiger partial charge in [0.1, 0.15) is 17.5 Å². The Hall–Kier alpha value is -3.02. The van der Waals surface area contributed by atoms with Crippen LogP contribution < -0.4 is 5.73 Å². The number of halogens is 1. The van der Waals surface area contributed by atoms with Gasteiger partial charge in [0, 0.05) is 42.2 Å². The molecule has 5 rings (SSSR count). The van der Waals surface area contributed by atoms with Gasteiger partial charge in [-0.15, -0.1) is 0 Å². The molecule has 1 heterocycles. The van der Waals surface area contributed by atoms with Crippen molar-refractivity contribution in [2.24, 2.45) is 34.8 Å². The summed E-state index contributed by atoms with van der Waals surface area (Å²) in [5, 5.41) is 31.5. The van der Waals surface area contributed by atoms with E-state index in [1.165, 1.54) is 4.90 Å². The van der Waals surface area contributed by atoms with Gasteiger partial charge in [-0.2, -0.15) is 0 Å². The van der Waals surface area contributed by atoms with Crippen molar-refractivity contribution < 1.29 is 33.8 Å². The Bertz CT molecular complexity index is 1350. The van der Waals surface area contributed by atoms with E-state index in [9.17, 15) is 29.4 Å². The summed E-state index contributed by atoms with van der Waals surface area (Å²) in [6.07, 6.45) is -0.0785. The van der Waals surface area contributed by atoms with Crippen LogP contribution in [0.3, 0.4) is 0 Å². The first-order chi connectivity index (χ1) is 18.0. The van der Waals surface area contributed by atoms with Crippen LogP contribution in [0, 0.1) is 40.3 Å². The second kappa shape index (κ2) is 8.74. The molecule has 1 aromatic carbocycles. The Morgan fingerprint density at radius 3 is 2.36 bits per heavy atom. The number of aromatic hydroxyl groups is 1. The molecule has 10 nitrogen and oxygen atoms in total. The van der Waals surface area contributed by atoms with Crippen LogP contribution in [0.25, 0.3) is 0 Å². The molecular formula is C28H35FN4O6. The van der Waals surface area contributed by atoms with Crippen molar-refractivity contribution in [3.8, 4) is 5.75 Å². The molecule has 3 aliphatic carbocycles. The average molecular weight is 543 g/mol. The van der Waals surface area contributed by atoms with Gasteiger partial charge in [0.15, 0.2) is 23.0 Å². The number of hydrogen-bond acceptors (Lipinski definition) is 9. The molecule has 210 valence electrons. The maximum Gasteiger partial charge on any atom is 0.233 e. The lowest BCUT2D eigenvalue weighted by Crippen LogP contribution is -2.73. The molecule has 4 aliphatic rings. The number of carbonyl (C=O) groups is 4. The fraction of sp³-hybridized carbons (Fsp3) is 0.607. The molecule has 1 aliphatic heterocycles. The van der Waals surface area contributed by atoms with Crippen molar-refractivity contribution >= 4 is 29.0 Å². The minimum Gasteiger partial charge on any atom is -0.507 e. The molecule has 1 aromatic rings. The quantitative estimate of drug-likeness (QED) is 0.408. The first-order valence-corrected chi connectivity index (χ1v) is 13.2. The molecule has 39 heavy (non-hydrogen) atoms. The van der Waals surface area contributed by atoms with E-state index in [-0.39, 0.29) is 48.2 Å². The van der Waals surface area contributed by atoms with Gasteiger partial charge in [-0.3, -0.25) is 29.0 Å². The number of phenols is 1. The third-order valence-corrected chi connectivity index (χ3v) is 8.90. The average Bonchev–Trinajstić information content (AvgIpc) is 3.22. The molecule has 0 bridgehead atoms. The fourth-order valence-corrected chi connectivity index (χ4v) is 7.48. The normalized spacial score (nSPS) is 32.7. The predicted octanol–water partition coefficient (Wildman–Crippen LogP) is 0.818. The monoisotopic (exact) mass is 542 g/mol. The van der Waals surface area contributed by atoms with E-state index in [0.717, 1.165) is 0 Å². The highest BCUT2D eigenvalue weighted by atomic mass is 19.1. The predicted molar refractivity (Wildman–Crippen MR) is 138 cm³/mol. The molecule has 5 N–H and O–H groups in total. The smallest absolute Gasteiger partial charge is 0.233 e. The van der Waals surface area contributed by atoms with Gasteiger partial charge in [-0.25, -0.2) is 4.39 Å². The van der Waals surface area contributed by atoms with Crippen LogP contribution in [0.15, 0.2) is 0 Å². The Morgan fingerprint density at radius 1 is 1.18 bits per heavy atom. The Kier molecular flexibility index (Phi) is 6.17. The van der Waals surface area contributed by atoms with Crippen molar-refractivity contribution in [3.63, 3.8) is 0 Å². The van der Waals surface area contributed by atoms with E-state index >= 15 is 4.39 Å². The zero-order chi connectivity index (χ0) is 28.9. The summed E-state index contributed by atoms with van der Waals surface area (Å²) in [6, 6.07) is -1.12. The topological polar surface area (TPSA) is 165 Å². The second-order valence-electron chi connectivity index (χ2n) is 13.0. The molecule has 0 aromatic heterocycles. The van der Waals surface area contributed by atoms with Gasteiger partial charge < -0.3 is 21.4 Å². The van der Waals surface area contributed by atoms with Crippen molar-refractivity contribution in [2.75, 3.05) is 20.6 Å². The molecule has 2 fully saturated rings. The highest BCUT2D eigenvalue weighted by Crippen LogP contribution is 2.52. The van der Waals surface area contributed by atoms with Gasteiger partial charge >= 0.3 is 0 Å². The molecule has 0 radical (unpaired) electrons. The summed E-state index contributed by atoms with van der Waals surface area (Å²) in [6.45, 7) is 7.32. The zero-order valence-corrected chi connectivity index (χ0v) is 22.8. The number of Topliss-reactive ketones (excluding diaryl/α,β-unsaturated/α-hetero) is 3. The Balaban J connectivity index is 1.60. The van der Waals surface area contributed by atoms with E-state index < -0.39 is 70.1 Å². The lowest BCUT2D eigenvalue weighted by atomic mass is 9.52.